The SMILES string of the molecule is COC(=O)CS[C@@H](CC(=O)c1ccco1)c1ccco1. The summed E-state index contributed by atoms with van der Waals surface area (Å²) in [4.78, 5) is 23.3. The predicted molar refractivity (Wildman–Crippen MR) is 73.6 cm³/mol. The first-order valence-corrected chi connectivity index (χ1v) is 7.04. The molecule has 0 fully saturated rings. The summed E-state index contributed by atoms with van der Waals surface area (Å²) < 4.78 is 15.0. The van der Waals surface area contributed by atoms with Gasteiger partial charge in [-0.2, -0.15) is 0 Å². The molecule has 0 aromatic carbocycles. The Morgan fingerprint density at radius 2 is 2.00 bits per heavy atom. The van der Waals surface area contributed by atoms with E-state index in [9.17, 15) is 9.59 Å². The third kappa shape index (κ3) is 3.77. The van der Waals surface area contributed by atoms with Crippen molar-refractivity contribution in [2.75, 3.05) is 12.9 Å². The molecule has 2 rings (SSSR count). The molecule has 0 saturated heterocycles. The van der Waals surface area contributed by atoms with Gasteiger partial charge in [-0.05, 0) is 24.3 Å². The van der Waals surface area contributed by atoms with Crippen molar-refractivity contribution in [2.24, 2.45) is 0 Å². The summed E-state index contributed by atoms with van der Waals surface area (Å²) in [5.74, 6) is 0.651. The molecule has 0 radical (unpaired) electrons. The van der Waals surface area contributed by atoms with Gasteiger partial charge >= 0.3 is 5.97 Å². The Hall–Kier alpha value is -1.95. The smallest absolute Gasteiger partial charge is 0.315 e. The molecule has 2 heterocycles. The van der Waals surface area contributed by atoms with Crippen LogP contribution in [0, 0.1) is 0 Å². The van der Waals surface area contributed by atoms with Crippen molar-refractivity contribution >= 4 is 23.5 Å². The lowest BCUT2D eigenvalue weighted by Gasteiger charge is -2.12. The van der Waals surface area contributed by atoms with Crippen LogP contribution in [0.2, 0.25) is 0 Å². The summed E-state index contributed by atoms with van der Waals surface area (Å²) in [5, 5.41) is -0.248. The summed E-state index contributed by atoms with van der Waals surface area (Å²) in [5.41, 5.74) is 0. The van der Waals surface area contributed by atoms with E-state index in [1.165, 1.54) is 25.1 Å². The van der Waals surface area contributed by atoms with E-state index in [0.29, 0.717) is 11.5 Å². The van der Waals surface area contributed by atoms with Crippen molar-refractivity contribution in [1.29, 1.82) is 0 Å². The summed E-state index contributed by atoms with van der Waals surface area (Å²) in [6.07, 6.45) is 3.19. The van der Waals surface area contributed by atoms with Gasteiger partial charge in [0.2, 0.25) is 0 Å². The Kier molecular flexibility index (Phi) is 5.06. The quantitative estimate of drug-likeness (QED) is 0.577. The highest BCUT2D eigenvalue weighted by molar-refractivity contribution is 8.00. The maximum absolute atomic E-state index is 12.1. The van der Waals surface area contributed by atoms with Gasteiger partial charge in [-0.3, -0.25) is 9.59 Å². The van der Waals surface area contributed by atoms with E-state index in [2.05, 4.69) is 4.74 Å². The van der Waals surface area contributed by atoms with E-state index in [1.807, 2.05) is 0 Å². The van der Waals surface area contributed by atoms with E-state index in [1.54, 1.807) is 30.5 Å². The molecule has 0 spiro atoms. The van der Waals surface area contributed by atoms with Crippen molar-refractivity contribution in [3.05, 3.63) is 48.3 Å². The number of carbonyl (C=O) groups excluding carboxylic acids is 2. The van der Waals surface area contributed by atoms with Gasteiger partial charge in [-0.1, -0.05) is 0 Å². The summed E-state index contributed by atoms with van der Waals surface area (Å²) >= 11 is 1.31. The average Bonchev–Trinajstić information content (AvgIpc) is 3.14. The Balaban J connectivity index is 2.03. The maximum Gasteiger partial charge on any atom is 0.315 e. The molecule has 6 heteroatoms. The fourth-order valence-corrected chi connectivity index (χ4v) is 2.67. The lowest BCUT2D eigenvalue weighted by molar-refractivity contribution is -0.137. The minimum atomic E-state index is -0.336. The highest BCUT2D eigenvalue weighted by Gasteiger charge is 2.22. The third-order valence-electron chi connectivity index (χ3n) is 2.66. The topological polar surface area (TPSA) is 69.7 Å². The number of Topliss-reactive ketones (excluding diaryl/α,β-unsaturated/α-hetero) is 1. The van der Waals surface area contributed by atoms with Crippen molar-refractivity contribution < 1.29 is 23.2 Å². The van der Waals surface area contributed by atoms with Gasteiger partial charge in [-0.25, -0.2) is 0 Å². The van der Waals surface area contributed by atoms with E-state index in [4.69, 9.17) is 8.83 Å². The van der Waals surface area contributed by atoms with E-state index in [-0.39, 0.29) is 29.2 Å². The first-order chi connectivity index (χ1) is 9.70. The molecule has 5 nitrogen and oxygen atoms in total. The minimum absolute atomic E-state index is 0.131. The second kappa shape index (κ2) is 7.00. The Morgan fingerprint density at radius 1 is 1.25 bits per heavy atom. The second-order valence-electron chi connectivity index (χ2n) is 4.00. The second-order valence-corrected chi connectivity index (χ2v) is 5.19. The van der Waals surface area contributed by atoms with Crippen LogP contribution < -0.4 is 0 Å². The summed E-state index contributed by atoms with van der Waals surface area (Å²) in [6, 6.07) is 6.81. The number of furan rings is 2. The van der Waals surface area contributed by atoms with Crippen LogP contribution in [0.25, 0.3) is 0 Å². The monoisotopic (exact) mass is 294 g/mol. The Bertz CT molecular complexity index is 544. The molecule has 0 aliphatic rings. The molecule has 106 valence electrons. The summed E-state index contributed by atoms with van der Waals surface area (Å²) in [6.45, 7) is 0. The lowest BCUT2D eigenvalue weighted by Crippen LogP contribution is -2.09. The van der Waals surface area contributed by atoms with Crippen molar-refractivity contribution in [3.63, 3.8) is 0 Å². The molecule has 0 aliphatic heterocycles. The molecule has 1 atom stereocenters. The minimum Gasteiger partial charge on any atom is -0.468 e. The van der Waals surface area contributed by atoms with Crippen LogP contribution in [0.4, 0.5) is 0 Å². The van der Waals surface area contributed by atoms with Gasteiger partial charge < -0.3 is 13.6 Å². The van der Waals surface area contributed by atoms with E-state index >= 15 is 0 Å². The molecular formula is C14H14O5S. The molecule has 2 aromatic rings. The number of esters is 1. The van der Waals surface area contributed by atoms with Crippen LogP contribution >= 0.6 is 11.8 Å². The third-order valence-corrected chi connectivity index (χ3v) is 3.86. The van der Waals surface area contributed by atoms with Crippen LogP contribution in [0.1, 0.15) is 28.0 Å². The van der Waals surface area contributed by atoms with Gasteiger partial charge in [0, 0.05) is 6.42 Å². The molecule has 0 bridgehead atoms. The van der Waals surface area contributed by atoms with Crippen LogP contribution in [0.3, 0.4) is 0 Å². The van der Waals surface area contributed by atoms with Crippen molar-refractivity contribution in [3.8, 4) is 0 Å². The Labute approximate surface area is 120 Å². The predicted octanol–water partition coefficient (Wildman–Crippen LogP) is 3.09. The highest BCUT2D eigenvalue weighted by atomic mass is 32.2. The van der Waals surface area contributed by atoms with Crippen LogP contribution in [-0.2, 0) is 9.53 Å². The number of thioether (sulfide) groups is 1. The van der Waals surface area contributed by atoms with E-state index in [0.717, 1.165) is 0 Å². The summed E-state index contributed by atoms with van der Waals surface area (Å²) in [7, 11) is 1.33. The molecule has 0 N–H and O–H groups in total. The zero-order valence-electron chi connectivity index (χ0n) is 10.9. The first kappa shape index (κ1) is 14.5. The average molecular weight is 294 g/mol. The van der Waals surface area contributed by atoms with Crippen molar-refractivity contribution in [2.45, 2.75) is 11.7 Å². The number of ketones is 1. The lowest BCUT2D eigenvalue weighted by atomic mass is 10.1. The number of ether oxygens (including phenoxy) is 1. The van der Waals surface area contributed by atoms with Gasteiger partial charge in [-0.15, -0.1) is 11.8 Å². The highest BCUT2D eigenvalue weighted by Crippen LogP contribution is 2.33. The largest absolute Gasteiger partial charge is 0.468 e. The standard InChI is InChI=1S/C14H14O5S/c1-17-14(16)9-20-13(12-5-3-7-19-12)8-10(15)11-4-2-6-18-11/h2-7,13H,8-9H2,1H3/t13-/m0/s1. The molecule has 0 amide bonds. The van der Waals surface area contributed by atoms with Gasteiger partial charge in [0.1, 0.15) is 5.76 Å². The number of hydrogen-bond acceptors (Lipinski definition) is 6. The van der Waals surface area contributed by atoms with Gasteiger partial charge in [0.25, 0.3) is 0 Å². The van der Waals surface area contributed by atoms with E-state index < -0.39 is 0 Å². The molecular weight excluding hydrogens is 280 g/mol. The maximum atomic E-state index is 12.1. The molecule has 20 heavy (non-hydrogen) atoms. The van der Waals surface area contributed by atoms with Crippen LogP contribution in [0.15, 0.2) is 45.6 Å². The fraction of sp³-hybridized carbons (Fsp3) is 0.286. The molecule has 2 aromatic heterocycles. The molecule has 0 aliphatic carbocycles. The van der Waals surface area contributed by atoms with Gasteiger partial charge in [0.15, 0.2) is 11.5 Å². The zero-order valence-corrected chi connectivity index (χ0v) is 11.7. The van der Waals surface area contributed by atoms with Crippen molar-refractivity contribution in [1.82, 2.24) is 0 Å². The number of methoxy groups -OCH3 is 1. The number of rotatable bonds is 7. The van der Waals surface area contributed by atoms with Gasteiger partial charge in [0.05, 0.1) is 30.6 Å². The zero-order chi connectivity index (χ0) is 14.4. The Morgan fingerprint density at radius 3 is 2.60 bits per heavy atom. The molecule has 0 unspecified atom stereocenters. The first-order valence-electron chi connectivity index (χ1n) is 5.99. The number of carbonyl (C=O) groups is 2. The van der Waals surface area contributed by atoms with Crippen LogP contribution in [0.5, 0.6) is 0 Å². The number of hydrogen-bond donors (Lipinski definition) is 0. The molecule has 0 saturated carbocycles. The van der Waals surface area contributed by atoms with Crippen LogP contribution in [-0.4, -0.2) is 24.6 Å². The fourth-order valence-electron chi connectivity index (χ4n) is 1.65. The normalized spacial score (nSPS) is 12.1.